The molecule has 1 aliphatic rings. The predicted octanol–water partition coefficient (Wildman–Crippen LogP) is 3.14. The Morgan fingerprint density at radius 2 is 1.71 bits per heavy atom. The Bertz CT molecular complexity index is 1170. The van der Waals surface area contributed by atoms with Crippen molar-refractivity contribution in [1.29, 1.82) is 0 Å². The number of benzene rings is 2. The minimum absolute atomic E-state index is 0.235. The molecule has 176 valence electrons. The monoisotopic (exact) mass is 460 g/mol. The van der Waals surface area contributed by atoms with Gasteiger partial charge in [-0.15, -0.1) is 0 Å². The lowest BCUT2D eigenvalue weighted by molar-refractivity contribution is 0.0948. The first-order chi connectivity index (χ1) is 16.6. The summed E-state index contributed by atoms with van der Waals surface area (Å²) < 4.78 is 10.8. The Morgan fingerprint density at radius 1 is 0.971 bits per heavy atom. The highest BCUT2D eigenvalue weighted by Gasteiger charge is 2.20. The van der Waals surface area contributed by atoms with Gasteiger partial charge < -0.3 is 20.1 Å². The highest BCUT2D eigenvalue weighted by atomic mass is 16.5. The van der Waals surface area contributed by atoms with Crippen molar-refractivity contribution in [3.8, 4) is 11.5 Å². The molecule has 2 N–H and O–H groups in total. The molecule has 8 heteroatoms. The number of nitrogens with zero attached hydrogens (tertiary/aromatic N) is 2. The number of hydrogen-bond acceptors (Lipinski definition) is 6. The summed E-state index contributed by atoms with van der Waals surface area (Å²) in [7, 11) is 3.28. The summed E-state index contributed by atoms with van der Waals surface area (Å²) in [6.07, 6.45) is 2.46. The van der Waals surface area contributed by atoms with Gasteiger partial charge in [-0.1, -0.05) is 18.2 Å². The van der Waals surface area contributed by atoms with Gasteiger partial charge in [0.15, 0.2) is 11.5 Å². The van der Waals surface area contributed by atoms with Crippen molar-refractivity contribution in [3.63, 3.8) is 0 Å². The van der Waals surface area contributed by atoms with Gasteiger partial charge in [-0.3, -0.25) is 19.5 Å². The summed E-state index contributed by atoms with van der Waals surface area (Å²) in [5, 5.41) is 5.76. The molecular formula is C26H28N4O4. The Hall–Kier alpha value is -3.91. The van der Waals surface area contributed by atoms with Crippen molar-refractivity contribution >= 4 is 17.5 Å². The topological polar surface area (TPSA) is 92.8 Å². The van der Waals surface area contributed by atoms with Crippen LogP contribution in [0.2, 0.25) is 0 Å². The molecule has 2 aromatic carbocycles. The predicted molar refractivity (Wildman–Crippen MR) is 129 cm³/mol. The second kappa shape index (κ2) is 10.8. The van der Waals surface area contributed by atoms with E-state index >= 15 is 0 Å². The number of hydrogen-bond donors (Lipinski definition) is 2. The van der Waals surface area contributed by atoms with Crippen LogP contribution in [0.5, 0.6) is 11.5 Å². The normalized spacial score (nSPS) is 13.0. The fourth-order valence-corrected chi connectivity index (χ4v) is 4.03. The van der Waals surface area contributed by atoms with Crippen LogP contribution in [-0.2, 0) is 13.0 Å². The minimum atomic E-state index is -0.361. The number of rotatable bonds is 8. The second-order valence-corrected chi connectivity index (χ2v) is 7.97. The number of fused-ring (bicyclic) bond motifs is 1. The molecule has 0 saturated carbocycles. The molecule has 1 aromatic heterocycles. The zero-order chi connectivity index (χ0) is 23.9. The minimum Gasteiger partial charge on any atom is -0.493 e. The lowest BCUT2D eigenvalue weighted by Gasteiger charge is -2.29. The van der Waals surface area contributed by atoms with Crippen molar-refractivity contribution < 1.29 is 19.1 Å². The molecule has 34 heavy (non-hydrogen) atoms. The van der Waals surface area contributed by atoms with E-state index in [0.29, 0.717) is 24.3 Å². The summed E-state index contributed by atoms with van der Waals surface area (Å²) in [6, 6.07) is 16.1. The third-order valence-electron chi connectivity index (χ3n) is 5.83. The molecule has 0 saturated heterocycles. The largest absolute Gasteiger partial charge is 0.493 e. The molecule has 0 aliphatic carbocycles. The molecule has 0 atom stereocenters. The molecule has 0 spiro atoms. The highest BCUT2D eigenvalue weighted by molar-refractivity contribution is 6.08. The van der Waals surface area contributed by atoms with Gasteiger partial charge in [-0.25, -0.2) is 0 Å². The number of amides is 2. The zero-order valence-corrected chi connectivity index (χ0v) is 19.3. The summed E-state index contributed by atoms with van der Waals surface area (Å²) in [5.74, 6) is 0.872. The molecule has 0 radical (unpaired) electrons. The van der Waals surface area contributed by atoms with Crippen LogP contribution in [0.15, 0.2) is 60.8 Å². The number of nitrogens with one attached hydrogen (secondary N) is 2. The quantitative estimate of drug-likeness (QED) is 0.537. The molecule has 1 aliphatic heterocycles. The van der Waals surface area contributed by atoms with Crippen molar-refractivity contribution in [2.75, 3.05) is 39.2 Å². The number of pyridine rings is 1. The van der Waals surface area contributed by atoms with Crippen LogP contribution in [0.1, 0.15) is 32.0 Å². The smallest absolute Gasteiger partial charge is 0.274 e. The fraction of sp³-hybridized carbons (Fsp3) is 0.269. The van der Waals surface area contributed by atoms with Gasteiger partial charge in [0, 0.05) is 32.4 Å². The molecule has 4 rings (SSSR count). The number of aromatic nitrogens is 1. The van der Waals surface area contributed by atoms with Gasteiger partial charge in [0.05, 0.1) is 25.5 Å². The Labute approximate surface area is 198 Å². The van der Waals surface area contributed by atoms with E-state index in [2.05, 4.69) is 20.5 Å². The maximum absolute atomic E-state index is 12.9. The summed E-state index contributed by atoms with van der Waals surface area (Å²) in [6.45, 7) is 2.88. The number of methoxy groups -OCH3 is 2. The van der Waals surface area contributed by atoms with E-state index in [4.69, 9.17) is 9.47 Å². The number of anilines is 1. The maximum atomic E-state index is 12.9. The summed E-state index contributed by atoms with van der Waals surface area (Å²) >= 11 is 0. The van der Waals surface area contributed by atoms with E-state index in [1.165, 1.54) is 11.1 Å². The van der Waals surface area contributed by atoms with E-state index in [0.717, 1.165) is 31.0 Å². The molecule has 0 unspecified atom stereocenters. The van der Waals surface area contributed by atoms with Gasteiger partial charge in [-0.2, -0.15) is 0 Å². The molecule has 2 amide bonds. The van der Waals surface area contributed by atoms with E-state index < -0.39 is 0 Å². The zero-order valence-electron chi connectivity index (χ0n) is 19.3. The Balaban J connectivity index is 1.34. The number of ether oxygens (including phenoxy) is 2. The van der Waals surface area contributed by atoms with Gasteiger partial charge in [-0.05, 0) is 53.9 Å². The second-order valence-electron chi connectivity index (χ2n) is 7.97. The van der Waals surface area contributed by atoms with Crippen molar-refractivity contribution in [2.24, 2.45) is 0 Å². The molecule has 8 nitrogen and oxygen atoms in total. The average molecular weight is 461 g/mol. The molecule has 3 aromatic rings. The van der Waals surface area contributed by atoms with E-state index in [1.54, 1.807) is 62.9 Å². The van der Waals surface area contributed by atoms with Crippen molar-refractivity contribution in [2.45, 2.75) is 13.0 Å². The van der Waals surface area contributed by atoms with Crippen LogP contribution in [-0.4, -0.2) is 55.6 Å². The van der Waals surface area contributed by atoms with Crippen LogP contribution in [0, 0.1) is 0 Å². The maximum Gasteiger partial charge on any atom is 0.274 e. The van der Waals surface area contributed by atoms with E-state index in [1.807, 2.05) is 12.1 Å². The SMILES string of the molecule is COc1cc2c(cc1OC)CN(CCNC(=O)c1ccccc1NC(=O)c1ccccn1)CC2. The van der Waals surface area contributed by atoms with Gasteiger partial charge in [0.2, 0.25) is 0 Å². The van der Waals surface area contributed by atoms with E-state index in [9.17, 15) is 9.59 Å². The number of carbonyl (C=O) groups excluding carboxylic acids is 2. The lowest BCUT2D eigenvalue weighted by atomic mass is 9.99. The van der Waals surface area contributed by atoms with Crippen LogP contribution >= 0.6 is 0 Å². The van der Waals surface area contributed by atoms with Crippen molar-refractivity contribution in [1.82, 2.24) is 15.2 Å². The van der Waals surface area contributed by atoms with Crippen LogP contribution < -0.4 is 20.1 Å². The standard InChI is InChI=1S/C26H28N4O4/c1-33-23-15-18-10-13-30(17-19(18)16-24(23)34-2)14-12-28-25(31)20-7-3-4-8-21(20)29-26(32)22-9-5-6-11-27-22/h3-9,11,15-16H,10,12-14,17H2,1-2H3,(H,28,31)(H,29,32). The first kappa shape index (κ1) is 23.3. The Kier molecular flexibility index (Phi) is 7.39. The van der Waals surface area contributed by atoms with Crippen LogP contribution in [0.4, 0.5) is 5.69 Å². The molecule has 0 fully saturated rings. The highest BCUT2D eigenvalue weighted by Crippen LogP contribution is 2.33. The average Bonchev–Trinajstić information content (AvgIpc) is 2.88. The number of para-hydroxylation sites is 1. The third kappa shape index (κ3) is 5.35. The van der Waals surface area contributed by atoms with Gasteiger partial charge in [0.25, 0.3) is 11.8 Å². The van der Waals surface area contributed by atoms with Gasteiger partial charge in [0.1, 0.15) is 5.69 Å². The van der Waals surface area contributed by atoms with E-state index in [-0.39, 0.29) is 17.5 Å². The van der Waals surface area contributed by atoms with Gasteiger partial charge >= 0.3 is 0 Å². The number of carbonyl (C=O) groups is 2. The third-order valence-corrected chi connectivity index (χ3v) is 5.83. The summed E-state index contributed by atoms with van der Waals surface area (Å²) in [5.41, 5.74) is 3.61. The first-order valence-corrected chi connectivity index (χ1v) is 11.1. The lowest BCUT2D eigenvalue weighted by Crippen LogP contribution is -2.38. The first-order valence-electron chi connectivity index (χ1n) is 11.1. The Morgan fingerprint density at radius 3 is 2.44 bits per heavy atom. The van der Waals surface area contributed by atoms with Crippen LogP contribution in [0.3, 0.4) is 0 Å². The van der Waals surface area contributed by atoms with Crippen LogP contribution in [0.25, 0.3) is 0 Å². The summed E-state index contributed by atoms with van der Waals surface area (Å²) in [4.78, 5) is 31.7. The van der Waals surface area contributed by atoms with Crippen molar-refractivity contribution in [3.05, 3.63) is 83.2 Å². The fourth-order valence-electron chi connectivity index (χ4n) is 4.03. The molecule has 0 bridgehead atoms. The molecular weight excluding hydrogens is 432 g/mol. The molecule has 2 heterocycles.